The van der Waals surface area contributed by atoms with Crippen molar-refractivity contribution in [1.82, 2.24) is 9.97 Å². The Morgan fingerprint density at radius 3 is 2.00 bits per heavy atom. The third-order valence-electron chi connectivity index (χ3n) is 2.92. The van der Waals surface area contributed by atoms with E-state index >= 15 is 0 Å². The number of rotatable bonds is 1. The monoisotopic (exact) mass is 239 g/mol. The Morgan fingerprint density at radius 1 is 0.889 bits per heavy atom. The second kappa shape index (κ2) is 3.84. The van der Waals surface area contributed by atoms with E-state index < -0.39 is 0 Å². The Hall–Kier alpha value is -2.36. The highest BCUT2D eigenvalue weighted by Crippen LogP contribution is 2.30. The molecule has 0 bridgehead atoms. The molecule has 1 aromatic heterocycles. The zero-order chi connectivity index (χ0) is 12.7. The topological polar surface area (TPSA) is 49.2 Å². The molecule has 0 saturated heterocycles. The highest BCUT2D eigenvalue weighted by molar-refractivity contribution is 5.89. The van der Waals surface area contributed by atoms with Crippen molar-refractivity contribution in [3.8, 4) is 5.75 Å². The van der Waals surface area contributed by atoms with Gasteiger partial charge in [0.15, 0.2) is 0 Å². The van der Waals surface area contributed by atoms with Crippen molar-refractivity contribution < 1.29 is 5.11 Å². The lowest BCUT2D eigenvalue weighted by atomic mass is 10.2. The van der Waals surface area contributed by atoms with Gasteiger partial charge in [0, 0.05) is 20.2 Å². The van der Waals surface area contributed by atoms with Crippen LogP contribution in [-0.2, 0) is 0 Å². The molecule has 90 valence electrons. The first kappa shape index (κ1) is 10.8. The number of phenolic OH excluding ortho intramolecular Hbond substituents is 1. The van der Waals surface area contributed by atoms with Gasteiger partial charge in [0.25, 0.3) is 0 Å². The standard InChI is InChI=1S/C14H13N3O/c1-17(2)13-7-11-12(8-14(13)18)16-10-6-4-3-5-9(10)15-11/h3-8,18H,1-2H3. The molecule has 18 heavy (non-hydrogen) atoms. The van der Waals surface area contributed by atoms with Gasteiger partial charge >= 0.3 is 0 Å². The number of aromatic nitrogens is 2. The Kier molecular flexibility index (Phi) is 2.30. The van der Waals surface area contributed by atoms with Crippen LogP contribution < -0.4 is 4.90 Å². The van der Waals surface area contributed by atoms with E-state index in [9.17, 15) is 5.11 Å². The van der Waals surface area contributed by atoms with Crippen molar-refractivity contribution >= 4 is 27.8 Å². The van der Waals surface area contributed by atoms with Crippen molar-refractivity contribution in [2.75, 3.05) is 19.0 Å². The summed E-state index contributed by atoms with van der Waals surface area (Å²) in [4.78, 5) is 10.9. The van der Waals surface area contributed by atoms with Crippen LogP contribution in [0.3, 0.4) is 0 Å². The first-order chi connectivity index (χ1) is 8.65. The fourth-order valence-corrected chi connectivity index (χ4v) is 2.00. The third-order valence-corrected chi connectivity index (χ3v) is 2.92. The average Bonchev–Trinajstić information content (AvgIpc) is 2.35. The maximum Gasteiger partial charge on any atom is 0.141 e. The highest BCUT2D eigenvalue weighted by Gasteiger charge is 2.08. The minimum atomic E-state index is 0.220. The van der Waals surface area contributed by atoms with Gasteiger partial charge in [0.05, 0.1) is 27.8 Å². The van der Waals surface area contributed by atoms with Gasteiger partial charge in [-0.3, -0.25) is 0 Å². The van der Waals surface area contributed by atoms with Crippen molar-refractivity contribution in [1.29, 1.82) is 0 Å². The summed E-state index contributed by atoms with van der Waals surface area (Å²) in [5.74, 6) is 0.220. The van der Waals surface area contributed by atoms with Gasteiger partial charge < -0.3 is 10.0 Å². The van der Waals surface area contributed by atoms with E-state index in [1.54, 1.807) is 6.07 Å². The van der Waals surface area contributed by atoms with E-state index in [1.165, 1.54) is 0 Å². The van der Waals surface area contributed by atoms with Gasteiger partial charge in [0.1, 0.15) is 5.75 Å². The molecule has 1 N–H and O–H groups in total. The van der Waals surface area contributed by atoms with Crippen LogP contribution in [-0.4, -0.2) is 29.2 Å². The Balaban J connectivity index is 2.36. The lowest BCUT2D eigenvalue weighted by molar-refractivity contribution is 0.476. The molecule has 0 saturated carbocycles. The third kappa shape index (κ3) is 1.62. The predicted octanol–water partition coefficient (Wildman–Crippen LogP) is 2.55. The average molecular weight is 239 g/mol. The molecular formula is C14H13N3O. The maximum atomic E-state index is 9.94. The number of fused-ring (bicyclic) bond motifs is 2. The molecule has 0 unspecified atom stereocenters. The molecule has 4 heteroatoms. The molecule has 0 fully saturated rings. The van der Waals surface area contributed by atoms with Gasteiger partial charge in [-0.2, -0.15) is 0 Å². The van der Waals surface area contributed by atoms with Crippen LogP contribution in [0.25, 0.3) is 22.1 Å². The summed E-state index contributed by atoms with van der Waals surface area (Å²) in [6.07, 6.45) is 0. The summed E-state index contributed by atoms with van der Waals surface area (Å²) in [7, 11) is 3.77. The van der Waals surface area contributed by atoms with Crippen LogP contribution in [0.1, 0.15) is 0 Å². The molecule has 3 rings (SSSR count). The Morgan fingerprint density at radius 2 is 1.44 bits per heavy atom. The summed E-state index contributed by atoms with van der Waals surface area (Å²) in [6.45, 7) is 0. The van der Waals surface area contributed by atoms with Crippen LogP contribution in [0.5, 0.6) is 5.75 Å². The number of anilines is 1. The number of hydrogen-bond donors (Lipinski definition) is 1. The first-order valence-electron chi connectivity index (χ1n) is 5.72. The van der Waals surface area contributed by atoms with E-state index in [2.05, 4.69) is 9.97 Å². The van der Waals surface area contributed by atoms with Crippen molar-refractivity contribution in [2.45, 2.75) is 0 Å². The van der Waals surface area contributed by atoms with Crippen LogP contribution >= 0.6 is 0 Å². The second-order valence-electron chi connectivity index (χ2n) is 4.44. The van der Waals surface area contributed by atoms with Gasteiger partial charge in [-0.1, -0.05) is 12.1 Å². The molecule has 0 radical (unpaired) electrons. The molecule has 0 aliphatic rings. The van der Waals surface area contributed by atoms with E-state index in [0.717, 1.165) is 22.2 Å². The molecule has 0 atom stereocenters. The lowest BCUT2D eigenvalue weighted by Gasteiger charge is -2.14. The first-order valence-corrected chi connectivity index (χ1v) is 5.72. The number of hydrogen-bond acceptors (Lipinski definition) is 4. The van der Waals surface area contributed by atoms with E-state index in [4.69, 9.17) is 0 Å². The smallest absolute Gasteiger partial charge is 0.141 e. The molecule has 0 aliphatic heterocycles. The molecule has 1 heterocycles. The van der Waals surface area contributed by atoms with Crippen LogP contribution in [0, 0.1) is 0 Å². The Labute approximate surface area is 105 Å². The van der Waals surface area contributed by atoms with Gasteiger partial charge in [-0.25, -0.2) is 9.97 Å². The molecule has 0 spiro atoms. The van der Waals surface area contributed by atoms with Gasteiger partial charge in [-0.05, 0) is 18.2 Å². The Bertz CT molecular complexity index is 738. The summed E-state index contributed by atoms with van der Waals surface area (Å²) < 4.78 is 0. The molecule has 0 aliphatic carbocycles. The van der Waals surface area contributed by atoms with E-state index in [-0.39, 0.29) is 5.75 Å². The fraction of sp³-hybridized carbons (Fsp3) is 0.143. The second-order valence-corrected chi connectivity index (χ2v) is 4.44. The number of aromatic hydroxyl groups is 1. The zero-order valence-corrected chi connectivity index (χ0v) is 10.3. The largest absolute Gasteiger partial charge is 0.506 e. The van der Waals surface area contributed by atoms with E-state index in [0.29, 0.717) is 5.52 Å². The molecule has 2 aromatic carbocycles. The zero-order valence-electron chi connectivity index (χ0n) is 10.3. The van der Waals surface area contributed by atoms with Crippen LogP contribution in [0.2, 0.25) is 0 Å². The quantitative estimate of drug-likeness (QED) is 0.663. The number of para-hydroxylation sites is 2. The molecule has 4 nitrogen and oxygen atoms in total. The van der Waals surface area contributed by atoms with Crippen molar-refractivity contribution in [3.63, 3.8) is 0 Å². The summed E-state index contributed by atoms with van der Waals surface area (Å²) in [6, 6.07) is 11.2. The predicted molar refractivity (Wildman–Crippen MR) is 73.0 cm³/mol. The van der Waals surface area contributed by atoms with Crippen molar-refractivity contribution in [2.24, 2.45) is 0 Å². The minimum Gasteiger partial charge on any atom is -0.506 e. The summed E-state index contributed by atoms with van der Waals surface area (Å²) >= 11 is 0. The van der Waals surface area contributed by atoms with Gasteiger partial charge in [-0.15, -0.1) is 0 Å². The minimum absolute atomic E-state index is 0.220. The lowest BCUT2D eigenvalue weighted by Crippen LogP contribution is -2.08. The number of nitrogens with zero attached hydrogens (tertiary/aromatic N) is 3. The highest BCUT2D eigenvalue weighted by atomic mass is 16.3. The SMILES string of the molecule is CN(C)c1cc2nc3ccccc3nc2cc1O. The molecule has 0 amide bonds. The summed E-state index contributed by atoms with van der Waals surface area (Å²) in [5.41, 5.74) is 3.93. The molecular weight excluding hydrogens is 226 g/mol. The summed E-state index contributed by atoms with van der Waals surface area (Å²) in [5, 5.41) is 9.94. The van der Waals surface area contributed by atoms with Crippen LogP contribution in [0.4, 0.5) is 5.69 Å². The maximum absolute atomic E-state index is 9.94. The van der Waals surface area contributed by atoms with Gasteiger partial charge in [0.2, 0.25) is 0 Å². The molecule has 3 aromatic rings. The normalized spacial score (nSPS) is 11.0. The fourth-order valence-electron chi connectivity index (χ4n) is 2.00. The van der Waals surface area contributed by atoms with E-state index in [1.807, 2.05) is 49.3 Å². The van der Waals surface area contributed by atoms with Crippen molar-refractivity contribution in [3.05, 3.63) is 36.4 Å². The number of benzene rings is 2. The van der Waals surface area contributed by atoms with Crippen LogP contribution in [0.15, 0.2) is 36.4 Å². The number of phenols is 1.